The molecule has 130 valence electrons. The number of esters is 1. The molecular formula is C20H15NO4S. The Labute approximate surface area is 151 Å². The predicted octanol–water partition coefficient (Wildman–Crippen LogP) is 3.32. The second kappa shape index (κ2) is 5.78. The first-order chi connectivity index (χ1) is 12.4. The molecule has 0 amide bonds. The van der Waals surface area contributed by atoms with Crippen molar-refractivity contribution in [3.63, 3.8) is 0 Å². The molecule has 1 aliphatic heterocycles. The van der Waals surface area contributed by atoms with E-state index in [1.54, 1.807) is 48.6 Å². The maximum atomic E-state index is 12.4. The summed E-state index contributed by atoms with van der Waals surface area (Å²) in [5.41, 5.74) is 1.49. The lowest BCUT2D eigenvalue weighted by molar-refractivity contribution is 0.0296. The lowest BCUT2D eigenvalue weighted by Gasteiger charge is -2.23. The molecule has 0 radical (unpaired) electrons. The van der Waals surface area contributed by atoms with Crippen LogP contribution in [-0.4, -0.2) is 20.1 Å². The molecule has 0 aromatic heterocycles. The smallest absolute Gasteiger partial charge is 0.340 e. The van der Waals surface area contributed by atoms with Gasteiger partial charge < -0.3 is 4.74 Å². The van der Waals surface area contributed by atoms with E-state index in [0.717, 1.165) is 11.1 Å². The number of sulfonamides is 1. The van der Waals surface area contributed by atoms with E-state index in [1.165, 1.54) is 12.1 Å². The number of fused-ring (bicyclic) bond motifs is 2. The Morgan fingerprint density at radius 2 is 1.62 bits per heavy atom. The van der Waals surface area contributed by atoms with E-state index in [-0.39, 0.29) is 10.6 Å². The number of allylic oxidation sites excluding steroid dienone is 2. The quantitative estimate of drug-likeness (QED) is 0.766. The highest BCUT2D eigenvalue weighted by molar-refractivity contribution is 7.90. The summed E-state index contributed by atoms with van der Waals surface area (Å²) >= 11 is 0. The van der Waals surface area contributed by atoms with Crippen molar-refractivity contribution < 1.29 is 17.9 Å². The Kier molecular flexibility index (Phi) is 3.66. The standard InChI is InChI=1S/C20H15NO4S/c1-14-6-8-16(9-7-14)26(23,24)21-15-10-12-20(13-11-15)18-5-3-2-4-17(18)19(22)25-20/h2-13H,1H3. The molecule has 0 saturated heterocycles. The van der Waals surface area contributed by atoms with Gasteiger partial charge in [0.25, 0.3) is 10.0 Å². The number of hydrogen-bond donors (Lipinski definition) is 0. The SMILES string of the molecule is Cc1ccc(S(=O)(=O)N=C2C=CC3(C=C2)OC(=O)c2ccccc23)cc1. The molecule has 0 unspecified atom stereocenters. The summed E-state index contributed by atoms with van der Waals surface area (Å²) in [6.07, 6.45) is 6.42. The first-order valence-electron chi connectivity index (χ1n) is 8.03. The summed E-state index contributed by atoms with van der Waals surface area (Å²) in [4.78, 5) is 12.2. The average Bonchev–Trinajstić information content (AvgIpc) is 2.90. The molecule has 4 rings (SSSR count). The second-order valence-corrected chi connectivity index (χ2v) is 7.80. The van der Waals surface area contributed by atoms with Gasteiger partial charge >= 0.3 is 5.97 Å². The van der Waals surface area contributed by atoms with E-state index in [2.05, 4.69) is 4.40 Å². The van der Waals surface area contributed by atoms with Crippen LogP contribution in [0.3, 0.4) is 0 Å². The summed E-state index contributed by atoms with van der Waals surface area (Å²) in [6.45, 7) is 1.88. The fraction of sp³-hybridized carbons (Fsp3) is 0.100. The molecule has 2 aliphatic rings. The number of ether oxygens (including phenoxy) is 1. The maximum Gasteiger partial charge on any atom is 0.340 e. The molecule has 0 atom stereocenters. The van der Waals surface area contributed by atoms with E-state index >= 15 is 0 Å². The number of benzene rings is 2. The van der Waals surface area contributed by atoms with E-state index < -0.39 is 21.6 Å². The highest BCUT2D eigenvalue weighted by Crippen LogP contribution is 2.40. The Balaban J connectivity index is 1.67. The van der Waals surface area contributed by atoms with Crippen LogP contribution in [0.25, 0.3) is 0 Å². The number of nitrogens with zero attached hydrogens (tertiary/aromatic N) is 1. The summed E-state index contributed by atoms with van der Waals surface area (Å²) in [6, 6.07) is 13.6. The summed E-state index contributed by atoms with van der Waals surface area (Å²) in [7, 11) is -3.81. The second-order valence-electron chi connectivity index (χ2n) is 6.20. The van der Waals surface area contributed by atoms with E-state index in [4.69, 9.17) is 4.74 Å². The van der Waals surface area contributed by atoms with Crippen LogP contribution in [-0.2, 0) is 20.4 Å². The minimum Gasteiger partial charge on any atom is -0.442 e. The van der Waals surface area contributed by atoms with Crippen molar-refractivity contribution in [3.8, 4) is 0 Å². The molecule has 26 heavy (non-hydrogen) atoms. The van der Waals surface area contributed by atoms with Crippen molar-refractivity contribution >= 4 is 21.7 Å². The topological polar surface area (TPSA) is 72.8 Å². The van der Waals surface area contributed by atoms with Crippen LogP contribution in [0, 0.1) is 6.92 Å². The van der Waals surface area contributed by atoms with Gasteiger partial charge in [0.1, 0.15) is 0 Å². The zero-order valence-electron chi connectivity index (χ0n) is 13.9. The monoisotopic (exact) mass is 365 g/mol. The molecular weight excluding hydrogens is 350 g/mol. The molecule has 0 N–H and O–H groups in total. The molecule has 5 nitrogen and oxygen atoms in total. The lowest BCUT2D eigenvalue weighted by Crippen LogP contribution is -2.23. The molecule has 6 heteroatoms. The van der Waals surface area contributed by atoms with Crippen LogP contribution in [0.1, 0.15) is 21.5 Å². The van der Waals surface area contributed by atoms with Gasteiger partial charge in [-0.1, -0.05) is 35.9 Å². The summed E-state index contributed by atoms with van der Waals surface area (Å²) < 4.78 is 34.3. The minimum absolute atomic E-state index is 0.135. The van der Waals surface area contributed by atoms with Gasteiger partial charge in [0, 0.05) is 5.56 Å². The molecule has 2 aromatic carbocycles. The zero-order valence-corrected chi connectivity index (χ0v) is 14.7. The normalized spacial score (nSPS) is 21.0. The van der Waals surface area contributed by atoms with Gasteiger partial charge in [0.05, 0.1) is 16.2 Å². The van der Waals surface area contributed by atoms with Crippen molar-refractivity contribution in [2.45, 2.75) is 17.4 Å². The van der Waals surface area contributed by atoms with E-state index in [1.807, 2.05) is 19.1 Å². The van der Waals surface area contributed by atoms with Gasteiger partial charge in [-0.25, -0.2) is 4.79 Å². The number of rotatable bonds is 2. The molecule has 0 saturated carbocycles. The Bertz CT molecular complexity index is 1080. The molecule has 1 aliphatic carbocycles. The minimum atomic E-state index is -3.81. The van der Waals surface area contributed by atoms with Crippen LogP contribution >= 0.6 is 0 Å². The van der Waals surface area contributed by atoms with Crippen LogP contribution in [0.4, 0.5) is 0 Å². The third-order valence-corrected chi connectivity index (χ3v) is 5.70. The Morgan fingerprint density at radius 3 is 2.31 bits per heavy atom. The summed E-state index contributed by atoms with van der Waals surface area (Å²) in [5.74, 6) is -0.400. The molecule has 2 aromatic rings. The fourth-order valence-corrected chi connectivity index (χ4v) is 3.99. The number of hydrogen-bond acceptors (Lipinski definition) is 4. The molecule has 0 bridgehead atoms. The van der Waals surface area contributed by atoms with Gasteiger partial charge in [-0.15, -0.1) is 0 Å². The predicted molar refractivity (Wildman–Crippen MR) is 97.6 cm³/mol. The zero-order chi connectivity index (χ0) is 18.4. The van der Waals surface area contributed by atoms with Crippen molar-refractivity contribution in [3.05, 3.63) is 89.5 Å². The van der Waals surface area contributed by atoms with Crippen molar-refractivity contribution in [1.82, 2.24) is 0 Å². The van der Waals surface area contributed by atoms with Crippen LogP contribution in [0.15, 0.2) is 82.1 Å². The highest BCUT2D eigenvalue weighted by Gasteiger charge is 2.42. The van der Waals surface area contributed by atoms with Crippen molar-refractivity contribution in [2.24, 2.45) is 4.40 Å². The van der Waals surface area contributed by atoms with Crippen LogP contribution < -0.4 is 0 Å². The third kappa shape index (κ3) is 2.68. The van der Waals surface area contributed by atoms with Crippen molar-refractivity contribution in [1.29, 1.82) is 0 Å². The largest absolute Gasteiger partial charge is 0.442 e. The first kappa shape index (κ1) is 16.5. The Morgan fingerprint density at radius 1 is 0.962 bits per heavy atom. The lowest BCUT2D eigenvalue weighted by atomic mass is 9.88. The molecule has 0 fully saturated rings. The van der Waals surface area contributed by atoms with Gasteiger partial charge in [-0.3, -0.25) is 0 Å². The van der Waals surface area contributed by atoms with Crippen molar-refractivity contribution in [2.75, 3.05) is 0 Å². The van der Waals surface area contributed by atoms with Gasteiger partial charge in [-0.05, 0) is 49.4 Å². The third-order valence-electron chi connectivity index (χ3n) is 4.38. The van der Waals surface area contributed by atoms with Crippen LogP contribution in [0.2, 0.25) is 0 Å². The Hall–Kier alpha value is -2.99. The molecule has 1 heterocycles. The first-order valence-corrected chi connectivity index (χ1v) is 9.47. The number of aryl methyl sites for hydroxylation is 1. The van der Waals surface area contributed by atoms with E-state index in [9.17, 15) is 13.2 Å². The summed E-state index contributed by atoms with van der Waals surface area (Å²) in [5, 5.41) is 0. The molecule has 1 spiro atoms. The van der Waals surface area contributed by atoms with Gasteiger partial charge in [0.15, 0.2) is 5.60 Å². The fourth-order valence-electron chi connectivity index (χ4n) is 3.00. The number of carbonyl (C=O) groups excluding carboxylic acids is 1. The van der Waals surface area contributed by atoms with Gasteiger partial charge in [0.2, 0.25) is 0 Å². The van der Waals surface area contributed by atoms with E-state index in [0.29, 0.717) is 5.56 Å². The highest BCUT2D eigenvalue weighted by atomic mass is 32.2. The average molecular weight is 365 g/mol. The maximum absolute atomic E-state index is 12.4. The number of carbonyl (C=O) groups is 1. The van der Waals surface area contributed by atoms with Gasteiger partial charge in [-0.2, -0.15) is 12.8 Å². The van der Waals surface area contributed by atoms with Crippen LogP contribution in [0.5, 0.6) is 0 Å².